The molecule has 0 spiro atoms. The lowest BCUT2D eigenvalue weighted by molar-refractivity contribution is -0.0344. The van der Waals surface area contributed by atoms with E-state index in [1.165, 1.54) is 0 Å². The van der Waals surface area contributed by atoms with E-state index in [0.29, 0.717) is 0 Å². The molecule has 0 aromatic carbocycles. The Labute approximate surface area is 157 Å². The number of nitrogens with one attached hydrogen (secondary N) is 6. The summed E-state index contributed by atoms with van der Waals surface area (Å²) in [5.74, 6) is 0. The number of hydrazine groups is 1. The smallest absolute Gasteiger partial charge is 0.111 e. The largest absolute Gasteiger partial charge is 0.314 e. The Kier molecular flexibility index (Phi) is 12.0. The molecule has 0 aromatic heterocycles. The molecule has 1 atom stereocenters. The predicted octanol–water partition coefficient (Wildman–Crippen LogP) is -2.36. The number of rotatable bonds is 1. The van der Waals surface area contributed by atoms with Crippen LogP contribution in [0.15, 0.2) is 0 Å². The molecule has 0 amide bonds. The highest BCUT2D eigenvalue weighted by Gasteiger charge is 2.22. The monoisotopic (exact) mass is 376 g/mol. The molecule has 2 rings (SSSR count). The molecule has 0 radical (unpaired) electrons. The number of halogens is 1. The van der Waals surface area contributed by atoms with Gasteiger partial charge in [-0.2, -0.15) is 0 Å². The van der Waals surface area contributed by atoms with E-state index in [9.17, 15) is 0 Å². The average Bonchev–Trinajstić information content (AvgIpc) is 2.59. The lowest BCUT2D eigenvalue weighted by atomic mass is 10.4. The maximum Gasteiger partial charge on any atom is 0.111 e. The molecular formula is C16H37ClN8. The lowest BCUT2D eigenvalue weighted by Gasteiger charge is -2.39. The molecule has 0 aliphatic carbocycles. The molecule has 8 nitrogen and oxygen atoms in total. The minimum absolute atomic E-state index is 0.0317. The minimum atomic E-state index is -0.0317. The van der Waals surface area contributed by atoms with Gasteiger partial charge in [-0.15, -0.1) is 11.6 Å². The highest BCUT2D eigenvalue weighted by Crippen LogP contribution is 2.08. The van der Waals surface area contributed by atoms with Crippen molar-refractivity contribution in [1.29, 1.82) is 0 Å². The van der Waals surface area contributed by atoms with Crippen molar-refractivity contribution in [1.82, 2.24) is 41.9 Å². The quantitative estimate of drug-likeness (QED) is 0.224. The molecule has 0 aromatic rings. The maximum atomic E-state index is 6.76. The highest BCUT2D eigenvalue weighted by atomic mass is 35.5. The Morgan fingerprint density at radius 1 is 0.520 bits per heavy atom. The van der Waals surface area contributed by atoms with Crippen molar-refractivity contribution >= 4 is 11.6 Å². The van der Waals surface area contributed by atoms with Crippen LogP contribution >= 0.6 is 11.6 Å². The molecule has 2 aliphatic heterocycles. The molecule has 6 N–H and O–H groups in total. The van der Waals surface area contributed by atoms with Crippen molar-refractivity contribution in [3.63, 3.8) is 0 Å². The molecule has 2 saturated heterocycles. The van der Waals surface area contributed by atoms with Crippen LogP contribution in [0.2, 0.25) is 0 Å². The zero-order chi connectivity index (χ0) is 17.6. The summed E-state index contributed by atoms with van der Waals surface area (Å²) in [4.78, 5) is 0. The van der Waals surface area contributed by atoms with Gasteiger partial charge in [-0.05, 0) is 0 Å². The van der Waals surface area contributed by atoms with Crippen LogP contribution in [0.4, 0.5) is 0 Å². The second kappa shape index (κ2) is 14.1. The van der Waals surface area contributed by atoms with Gasteiger partial charge in [0.25, 0.3) is 0 Å². The van der Waals surface area contributed by atoms with Gasteiger partial charge in [0.05, 0.1) is 0 Å². The minimum Gasteiger partial charge on any atom is -0.314 e. The number of hydrogen-bond acceptors (Lipinski definition) is 8. The van der Waals surface area contributed by atoms with Gasteiger partial charge in [0.2, 0.25) is 0 Å². The third-order valence-electron chi connectivity index (χ3n) is 4.52. The summed E-state index contributed by atoms with van der Waals surface area (Å²) in [6.45, 7) is 14.6. The molecule has 2 heterocycles. The maximum absolute atomic E-state index is 6.76. The van der Waals surface area contributed by atoms with E-state index in [4.69, 9.17) is 11.6 Å². The topological polar surface area (TPSA) is 78.7 Å². The first kappa shape index (κ1) is 21.3. The Balaban J connectivity index is 1.90. The van der Waals surface area contributed by atoms with Gasteiger partial charge in [-0.25, -0.2) is 10.0 Å². The van der Waals surface area contributed by atoms with Gasteiger partial charge in [0, 0.05) is 98.2 Å². The average molecular weight is 377 g/mol. The van der Waals surface area contributed by atoms with Gasteiger partial charge in [0.15, 0.2) is 0 Å². The van der Waals surface area contributed by atoms with E-state index in [1.54, 1.807) is 0 Å². The van der Waals surface area contributed by atoms with Crippen molar-refractivity contribution in [2.45, 2.75) is 5.50 Å². The van der Waals surface area contributed by atoms with E-state index in [-0.39, 0.29) is 5.50 Å². The summed E-state index contributed by atoms with van der Waals surface area (Å²) in [6.07, 6.45) is 0. The summed E-state index contributed by atoms with van der Waals surface area (Å²) < 4.78 is 0. The van der Waals surface area contributed by atoms with Crippen LogP contribution in [0.3, 0.4) is 0 Å². The molecule has 148 valence electrons. The first-order valence-corrected chi connectivity index (χ1v) is 10.2. The summed E-state index contributed by atoms with van der Waals surface area (Å²) >= 11 is 6.76. The van der Waals surface area contributed by atoms with E-state index in [1.807, 2.05) is 0 Å². The number of alkyl halides is 1. The Hall–Kier alpha value is -0.0300. The van der Waals surface area contributed by atoms with Gasteiger partial charge >= 0.3 is 0 Å². The van der Waals surface area contributed by atoms with E-state index < -0.39 is 0 Å². The Morgan fingerprint density at radius 3 is 1.44 bits per heavy atom. The summed E-state index contributed by atoms with van der Waals surface area (Å²) in [6, 6.07) is 0. The molecule has 2 aliphatic rings. The third-order valence-corrected chi connectivity index (χ3v) is 4.90. The summed E-state index contributed by atoms with van der Waals surface area (Å²) in [5, 5.41) is 25.6. The fraction of sp³-hybridized carbons (Fsp3) is 1.00. The van der Waals surface area contributed by atoms with Crippen molar-refractivity contribution in [3.8, 4) is 0 Å². The second-order valence-electron chi connectivity index (χ2n) is 6.51. The SMILES string of the molecule is ClC1CNCCNCCNCCN1N1CCNCCNCCNCC1. The van der Waals surface area contributed by atoms with Crippen LogP contribution in [0.5, 0.6) is 0 Å². The van der Waals surface area contributed by atoms with Crippen LogP contribution < -0.4 is 31.9 Å². The fourth-order valence-electron chi connectivity index (χ4n) is 3.10. The molecule has 0 bridgehead atoms. The number of hydrogen-bond donors (Lipinski definition) is 6. The molecule has 1 unspecified atom stereocenters. The molecular weight excluding hydrogens is 340 g/mol. The van der Waals surface area contributed by atoms with Gasteiger partial charge in [-0.3, -0.25) is 0 Å². The fourth-order valence-corrected chi connectivity index (χ4v) is 3.43. The van der Waals surface area contributed by atoms with E-state index in [2.05, 4.69) is 41.9 Å². The van der Waals surface area contributed by atoms with Gasteiger partial charge in [-0.1, -0.05) is 0 Å². The Bertz CT molecular complexity index is 311. The van der Waals surface area contributed by atoms with Crippen molar-refractivity contribution in [3.05, 3.63) is 0 Å². The summed E-state index contributed by atoms with van der Waals surface area (Å²) in [7, 11) is 0. The zero-order valence-corrected chi connectivity index (χ0v) is 16.2. The predicted molar refractivity (Wildman–Crippen MR) is 105 cm³/mol. The van der Waals surface area contributed by atoms with Gasteiger partial charge < -0.3 is 31.9 Å². The zero-order valence-electron chi connectivity index (χ0n) is 15.5. The van der Waals surface area contributed by atoms with E-state index in [0.717, 1.165) is 98.2 Å². The molecule has 2 fully saturated rings. The van der Waals surface area contributed by atoms with Crippen LogP contribution in [0.25, 0.3) is 0 Å². The second-order valence-corrected chi connectivity index (χ2v) is 7.01. The van der Waals surface area contributed by atoms with Crippen LogP contribution in [0.1, 0.15) is 0 Å². The lowest BCUT2D eigenvalue weighted by Crippen LogP contribution is -2.56. The van der Waals surface area contributed by atoms with Crippen LogP contribution in [0, 0.1) is 0 Å². The molecule has 25 heavy (non-hydrogen) atoms. The number of nitrogens with zero attached hydrogens (tertiary/aromatic N) is 2. The first-order valence-electron chi connectivity index (χ1n) is 9.78. The third kappa shape index (κ3) is 9.46. The standard InChI is InChI=1S/C16H37ClN8/c17-16-15-23-8-7-19-3-6-22-11-14-25(16)24-12-9-20-4-1-18-2-5-21-10-13-24/h16,18-23H,1-15H2. The normalized spacial score (nSPS) is 28.9. The van der Waals surface area contributed by atoms with Crippen LogP contribution in [-0.4, -0.2) is 114 Å². The Morgan fingerprint density at radius 2 is 0.920 bits per heavy atom. The summed E-state index contributed by atoms with van der Waals surface area (Å²) in [5.41, 5.74) is -0.0317. The van der Waals surface area contributed by atoms with Crippen LogP contribution in [-0.2, 0) is 0 Å². The van der Waals surface area contributed by atoms with E-state index >= 15 is 0 Å². The first-order chi connectivity index (χ1) is 12.4. The van der Waals surface area contributed by atoms with Gasteiger partial charge in [0.1, 0.15) is 5.50 Å². The van der Waals surface area contributed by atoms with Crippen molar-refractivity contribution in [2.24, 2.45) is 0 Å². The van der Waals surface area contributed by atoms with Crippen molar-refractivity contribution in [2.75, 3.05) is 98.2 Å². The van der Waals surface area contributed by atoms with Crippen molar-refractivity contribution < 1.29 is 0 Å². The molecule has 0 saturated carbocycles. The highest BCUT2D eigenvalue weighted by molar-refractivity contribution is 6.20. The molecule has 9 heteroatoms.